The third-order valence-corrected chi connectivity index (χ3v) is 5.02. The standard InChI is InChI=1S/C13H16BrCl2N/c14-10-7-8-11(13(16)12(10)15)17-9-5-3-1-2-4-6-9/h7-9,17H,1-6H2. The number of nitrogens with one attached hydrogen (secondary N) is 1. The Labute approximate surface area is 121 Å². The van der Waals surface area contributed by atoms with Gasteiger partial charge in [-0.25, -0.2) is 0 Å². The van der Waals surface area contributed by atoms with Gasteiger partial charge < -0.3 is 5.32 Å². The molecule has 1 aliphatic carbocycles. The van der Waals surface area contributed by atoms with Crippen molar-refractivity contribution in [2.75, 3.05) is 5.32 Å². The lowest BCUT2D eigenvalue weighted by atomic mass is 10.1. The summed E-state index contributed by atoms with van der Waals surface area (Å²) < 4.78 is 0.843. The molecule has 1 nitrogen and oxygen atoms in total. The molecule has 17 heavy (non-hydrogen) atoms. The van der Waals surface area contributed by atoms with Gasteiger partial charge in [-0.05, 0) is 40.9 Å². The largest absolute Gasteiger partial charge is 0.381 e. The Balaban J connectivity index is 2.09. The van der Waals surface area contributed by atoms with Crippen molar-refractivity contribution in [3.63, 3.8) is 0 Å². The fourth-order valence-electron chi connectivity index (χ4n) is 2.28. The van der Waals surface area contributed by atoms with Crippen molar-refractivity contribution in [2.45, 2.75) is 44.6 Å². The van der Waals surface area contributed by atoms with Gasteiger partial charge in [-0.2, -0.15) is 0 Å². The van der Waals surface area contributed by atoms with Gasteiger partial charge in [0, 0.05) is 10.5 Å². The van der Waals surface area contributed by atoms with Crippen LogP contribution in [0.3, 0.4) is 0 Å². The maximum atomic E-state index is 6.23. The zero-order valence-electron chi connectivity index (χ0n) is 9.61. The Bertz CT molecular complexity index is 387. The number of hydrogen-bond acceptors (Lipinski definition) is 1. The van der Waals surface area contributed by atoms with Crippen LogP contribution in [-0.4, -0.2) is 6.04 Å². The van der Waals surface area contributed by atoms with Crippen molar-refractivity contribution in [3.05, 3.63) is 26.7 Å². The molecule has 0 unspecified atom stereocenters. The van der Waals surface area contributed by atoms with Crippen molar-refractivity contribution >= 4 is 44.8 Å². The second kappa shape index (κ2) is 6.31. The molecule has 0 atom stereocenters. The third-order valence-electron chi connectivity index (χ3n) is 3.25. The van der Waals surface area contributed by atoms with Crippen LogP contribution in [0.2, 0.25) is 10.0 Å². The average Bonchev–Trinajstić information content (AvgIpc) is 2.59. The topological polar surface area (TPSA) is 12.0 Å². The monoisotopic (exact) mass is 335 g/mol. The summed E-state index contributed by atoms with van der Waals surface area (Å²) in [5.41, 5.74) is 0.951. The van der Waals surface area contributed by atoms with Crippen LogP contribution in [0.5, 0.6) is 0 Å². The highest BCUT2D eigenvalue weighted by Gasteiger charge is 2.15. The van der Waals surface area contributed by atoms with E-state index in [2.05, 4.69) is 21.2 Å². The summed E-state index contributed by atoms with van der Waals surface area (Å²) in [5, 5.41) is 4.72. The van der Waals surface area contributed by atoms with Gasteiger partial charge >= 0.3 is 0 Å². The molecular weight excluding hydrogens is 321 g/mol. The van der Waals surface area contributed by atoms with Crippen LogP contribution in [0.4, 0.5) is 5.69 Å². The summed E-state index contributed by atoms with van der Waals surface area (Å²) in [6.07, 6.45) is 7.77. The molecular formula is C13H16BrCl2N. The van der Waals surface area contributed by atoms with E-state index in [0.717, 1.165) is 10.2 Å². The van der Waals surface area contributed by atoms with E-state index in [1.165, 1.54) is 38.5 Å². The molecule has 4 heteroatoms. The van der Waals surface area contributed by atoms with E-state index >= 15 is 0 Å². The Morgan fingerprint density at radius 1 is 1.00 bits per heavy atom. The zero-order valence-corrected chi connectivity index (χ0v) is 12.7. The van der Waals surface area contributed by atoms with E-state index in [1.54, 1.807) is 0 Å². The maximum Gasteiger partial charge on any atom is 0.0835 e. The van der Waals surface area contributed by atoms with Gasteiger partial charge in [-0.15, -0.1) is 0 Å². The lowest BCUT2D eigenvalue weighted by Gasteiger charge is -2.19. The Morgan fingerprint density at radius 2 is 1.65 bits per heavy atom. The van der Waals surface area contributed by atoms with E-state index in [-0.39, 0.29) is 0 Å². The average molecular weight is 337 g/mol. The zero-order chi connectivity index (χ0) is 12.3. The minimum Gasteiger partial charge on any atom is -0.381 e. The first-order valence-corrected chi connectivity index (χ1v) is 7.63. The highest BCUT2D eigenvalue weighted by Crippen LogP contribution is 2.36. The van der Waals surface area contributed by atoms with Crippen LogP contribution in [0.25, 0.3) is 0 Å². The molecule has 0 aliphatic heterocycles. The van der Waals surface area contributed by atoms with E-state index in [4.69, 9.17) is 23.2 Å². The van der Waals surface area contributed by atoms with Gasteiger partial charge in [0.1, 0.15) is 0 Å². The predicted octanol–water partition coefficient (Wildman–Crippen LogP) is 5.89. The Morgan fingerprint density at radius 3 is 2.29 bits per heavy atom. The number of hydrogen-bond donors (Lipinski definition) is 1. The van der Waals surface area contributed by atoms with Crippen LogP contribution in [0.15, 0.2) is 16.6 Å². The summed E-state index contributed by atoms with van der Waals surface area (Å²) in [4.78, 5) is 0. The first kappa shape index (κ1) is 13.5. The van der Waals surface area contributed by atoms with Crippen molar-refractivity contribution in [1.29, 1.82) is 0 Å². The molecule has 0 saturated heterocycles. The maximum absolute atomic E-state index is 6.23. The second-order valence-corrected chi connectivity index (χ2v) is 6.17. The molecule has 1 aromatic carbocycles. The van der Waals surface area contributed by atoms with Crippen LogP contribution >= 0.6 is 39.1 Å². The molecule has 94 valence electrons. The number of rotatable bonds is 2. The summed E-state index contributed by atoms with van der Waals surface area (Å²) in [6.45, 7) is 0. The fraction of sp³-hybridized carbons (Fsp3) is 0.538. The summed E-state index contributed by atoms with van der Waals surface area (Å²) >= 11 is 15.7. The Hall–Kier alpha value is 0.0800. The molecule has 0 radical (unpaired) electrons. The van der Waals surface area contributed by atoms with Gasteiger partial charge in [0.25, 0.3) is 0 Å². The molecule has 1 saturated carbocycles. The van der Waals surface area contributed by atoms with Crippen molar-refractivity contribution in [2.24, 2.45) is 0 Å². The van der Waals surface area contributed by atoms with Crippen LogP contribution in [0.1, 0.15) is 38.5 Å². The van der Waals surface area contributed by atoms with Gasteiger partial charge in [0.2, 0.25) is 0 Å². The SMILES string of the molecule is Clc1c(Br)ccc(NC2CCCCCC2)c1Cl. The van der Waals surface area contributed by atoms with Gasteiger partial charge in [-0.1, -0.05) is 48.9 Å². The summed E-state index contributed by atoms with van der Waals surface area (Å²) in [7, 11) is 0. The van der Waals surface area contributed by atoms with Gasteiger partial charge in [0.05, 0.1) is 15.7 Å². The van der Waals surface area contributed by atoms with Crippen molar-refractivity contribution in [3.8, 4) is 0 Å². The lowest BCUT2D eigenvalue weighted by Crippen LogP contribution is -2.18. The molecule has 0 heterocycles. The first-order chi connectivity index (χ1) is 8.18. The molecule has 0 amide bonds. The third kappa shape index (κ3) is 3.52. The summed E-state index contributed by atoms with van der Waals surface area (Å²) in [5.74, 6) is 0. The van der Waals surface area contributed by atoms with E-state index < -0.39 is 0 Å². The minimum absolute atomic E-state index is 0.534. The lowest BCUT2D eigenvalue weighted by molar-refractivity contribution is 0.620. The fourth-order valence-corrected chi connectivity index (χ4v) is 3.11. The predicted molar refractivity (Wildman–Crippen MR) is 79.3 cm³/mol. The van der Waals surface area contributed by atoms with Gasteiger partial charge in [-0.3, -0.25) is 0 Å². The molecule has 1 fully saturated rings. The van der Waals surface area contributed by atoms with Crippen molar-refractivity contribution < 1.29 is 0 Å². The Kier molecular flexibility index (Phi) is 5.01. The molecule has 0 spiro atoms. The first-order valence-electron chi connectivity index (χ1n) is 6.08. The van der Waals surface area contributed by atoms with Crippen molar-refractivity contribution in [1.82, 2.24) is 0 Å². The van der Waals surface area contributed by atoms with Crippen LogP contribution in [0, 0.1) is 0 Å². The molecule has 2 rings (SSSR count). The molecule has 0 aromatic heterocycles. The van der Waals surface area contributed by atoms with Crippen LogP contribution in [-0.2, 0) is 0 Å². The molecule has 0 bridgehead atoms. The molecule has 1 aliphatic rings. The normalized spacial score (nSPS) is 17.8. The highest BCUT2D eigenvalue weighted by atomic mass is 79.9. The summed E-state index contributed by atoms with van der Waals surface area (Å²) in [6, 6.07) is 4.46. The van der Waals surface area contributed by atoms with Gasteiger partial charge in [0.15, 0.2) is 0 Å². The number of anilines is 1. The van der Waals surface area contributed by atoms with E-state index in [9.17, 15) is 0 Å². The van der Waals surface area contributed by atoms with Crippen LogP contribution < -0.4 is 5.32 Å². The minimum atomic E-state index is 0.534. The molecule has 1 N–H and O–H groups in total. The van der Waals surface area contributed by atoms with E-state index in [0.29, 0.717) is 16.1 Å². The second-order valence-electron chi connectivity index (χ2n) is 4.56. The highest BCUT2D eigenvalue weighted by molar-refractivity contribution is 9.10. The quantitative estimate of drug-likeness (QED) is 0.524. The molecule has 1 aromatic rings. The number of halogens is 3. The smallest absolute Gasteiger partial charge is 0.0835 e. The van der Waals surface area contributed by atoms with E-state index in [1.807, 2.05) is 12.1 Å². The number of benzene rings is 1.